The molecule has 1 aromatic rings. The molecular formula is C11H15N2O7P. The van der Waals surface area contributed by atoms with E-state index in [-0.39, 0.29) is 17.7 Å². The van der Waals surface area contributed by atoms with Gasteiger partial charge in [0.1, 0.15) is 6.04 Å². The van der Waals surface area contributed by atoms with Crippen LogP contribution in [0.2, 0.25) is 0 Å². The molecule has 0 amide bonds. The number of nitro benzene ring substituents is 1. The molecule has 0 heterocycles. The van der Waals surface area contributed by atoms with Crippen molar-refractivity contribution >= 4 is 19.0 Å². The molecule has 1 rings (SSSR count). The minimum atomic E-state index is -4.16. The van der Waals surface area contributed by atoms with Crippen LogP contribution in [0.25, 0.3) is 0 Å². The maximum absolute atomic E-state index is 12.0. The SMILES string of the molecule is N[C@@H](CCP(=O)(O)C(O)c1cccc([N+](=O)[O-])c1)C(=O)O. The molecule has 116 valence electrons. The number of carbonyl (C=O) groups is 1. The van der Waals surface area contributed by atoms with Crippen LogP contribution in [0, 0.1) is 10.1 Å². The highest BCUT2D eigenvalue weighted by molar-refractivity contribution is 7.58. The summed E-state index contributed by atoms with van der Waals surface area (Å²) in [6.45, 7) is 0. The summed E-state index contributed by atoms with van der Waals surface area (Å²) in [4.78, 5) is 30.3. The summed E-state index contributed by atoms with van der Waals surface area (Å²) in [5, 5.41) is 29.1. The minimum absolute atomic E-state index is 0.0843. The Balaban J connectivity index is 2.87. The molecule has 0 aliphatic heterocycles. The van der Waals surface area contributed by atoms with Crippen LogP contribution in [0.15, 0.2) is 24.3 Å². The number of hydrogen-bond acceptors (Lipinski definition) is 6. The average Bonchev–Trinajstić information content (AvgIpc) is 2.43. The summed E-state index contributed by atoms with van der Waals surface area (Å²) in [6, 6.07) is 3.41. The van der Waals surface area contributed by atoms with E-state index in [0.29, 0.717) is 0 Å². The number of aliphatic hydroxyl groups is 1. The number of carboxylic acid groups (broad SMARTS) is 1. The van der Waals surface area contributed by atoms with Gasteiger partial charge in [0.15, 0.2) is 5.85 Å². The zero-order valence-electron chi connectivity index (χ0n) is 10.8. The van der Waals surface area contributed by atoms with Crippen molar-refractivity contribution in [2.45, 2.75) is 18.3 Å². The number of rotatable bonds is 7. The smallest absolute Gasteiger partial charge is 0.320 e. The van der Waals surface area contributed by atoms with E-state index in [0.717, 1.165) is 6.07 Å². The van der Waals surface area contributed by atoms with Crippen molar-refractivity contribution in [1.29, 1.82) is 0 Å². The van der Waals surface area contributed by atoms with Crippen LogP contribution in [0.5, 0.6) is 0 Å². The third kappa shape index (κ3) is 4.61. The Morgan fingerprint density at radius 2 is 2.10 bits per heavy atom. The number of hydrogen-bond donors (Lipinski definition) is 4. The summed E-state index contributed by atoms with van der Waals surface area (Å²) in [6.07, 6.45) is -0.806. The molecule has 0 bridgehead atoms. The van der Waals surface area contributed by atoms with Gasteiger partial charge in [-0.15, -0.1) is 0 Å². The average molecular weight is 318 g/mol. The maximum atomic E-state index is 12.0. The van der Waals surface area contributed by atoms with Crippen LogP contribution in [0.4, 0.5) is 5.69 Å². The normalized spacial score (nSPS) is 16.7. The molecule has 21 heavy (non-hydrogen) atoms. The molecule has 3 atom stereocenters. The monoisotopic (exact) mass is 318 g/mol. The summed E-state index contributed by atoms with van der Waals surface area (Å²) in [5.74, 6) is -3.15. The van der Waals surface area contributed by atoms with Crippen LogP contribution in [0.3, 0.4) is 0 Å². The van der Waals surface area contributed by atoms with Gasteiger partial charge in [-0.25, -0.2) is 0 Å². The fourth-order valence-corrected chi connectivity index (χ4v) is 3.12. The first-order chi connectivity index (χ1) is 9.65. The van der Waals surface area contributed by atoms with Gasteiger partial charge in [-0.05, 0) is 12.0 Å². The molecule has 0 aliphatic rings. The molecule has 2 unspecified atom stereocenters. The fourth-order valence-electron chi connectivity index (χ4n) is 1.60. The lowest BCUT2D eigenvalue weighted by Crippen LogP contribution is -2.31. The van der Waals surface area contributed by atoms with E-state index < -0.39 is 36.3 Å². The predicted octanol–water partition coefficient (Wildman–Crippen LogP) is 0.658. The second-order valence-electron chi connectivity index (χ2n) is 4.44. The van der Waals surface area contributed by atoms with Crippen LogP contribution >= 0.6 is 7.37 Å². The van der Waals surface area contributed by atoms with Gasteiger partial charge in [0.25, 0.3) is 5.69 Å². The zero-order valence-corrected chi connectivity index (χ0v) is 11.7. The van der Waals surface area contributed by atoms with Gasteiger partial charge in [-0.2, -0.15) is 0 Å². The van der Waals surface area contributed by atoms with Crippen molar-refractivity contribution in [1.82, 2.24) is 0 Å². The van der Waals surface area contributed by atoms with Crippen molar-refractivity contribution in [3.05, 3.63) is 39.9 Å². The van der Waals surface area contributed by atoms with Crippen LogP contribution in [-0.2, 0) is 9.36 Å². The molecule has 0 radical (unpaired) electrons. The highest BCUT2D eigenvalue weighted by Crippen LogP contribution is 2.54. The van der Waals surface area contributed by atoms with Crippen molar-refractivity contribution in [3.8, 4) is 0 Å². The number of nitro groups is 1. The second kappa shape index (κ2) is 6.77. The molecule has 0 saturated carbocycles. The van der Waals surface area contributed by atoms with E-state index in [2.05, 4.69) is 0 Å². The summed E-state index contributed by atoms with van der Waals surface area (Å²) < 4.78 is 12.0. The van der Waals surface area contributed by atoms with Crippen LogP contribution in [0.1, 0.15) is 17.8 Å². The van der Waals surface area contributed by atoms with Gasteiger partial charge in [0.05, 0.1) is 4.92 Å². The molecule has 0 aromatic heterocycles. The van der Waals surface area contributed by atoms with Gasteiger partial charge < -0.3 is 20.8 Å². The molecule has 10 heteroatoms. The van der Waals surface area contributed by atoms with Gasteiger partial charge in [-0.1, -0.05) is 12.1 Å². The van der Waals surface area contributed by atoms with Crippen molar-refractivity contribution < 1.29 is 29.4 Å². The topological polar surface area (TPSA) is 164 Å². The number of benzene rings is 1. The zero-order chi connectivity index (χ0) is 16.2. The quantitative estimate of drug-likeness (QED) is 0.323. The Bertz CT molecular complexity index is 592. The Hall–Kier alpha value is -1.80. The first-order valence-corrected chi connectivity index (χ1v) is 7.79. The molecule has 1 aromatic carbocycles. The number of aliphatic hydroxyl groups excluding tert-OH is 1. The van der Waals surface area contributed by atoms with Gasteiger partial charge in [0, 0.05) is 18.3 Å². The first-order valence-electron chi connectivity index (χ1n) is 5.87. The Kier molecular flexibility index (Phi) is 5.56. The summed E-state index contributed by atoms with van der Waals surface area (Å²) in [5.41, 5.74) is 4.81. The van der Waals surface area contributed by atoms with E-state index in [1.54, 1.807) is 0 Å². The van der Waals surface area contributed by atoms with E-state index >= 15 is 0 Å². The molecule has 5 N–H and O–H groups in total. The van der Waals surface area contributed by atoms with Gasteiger partial charge in [0.2, 0.25) is 7.37 Å². The van der Waals surface area contributed by atoms with Gasteiger partial charge in [-0.3, -0.25) is 19.5 Å². The van der Waals surface area contributed by atoms with Crippen molar-refractivity contribution in [2.75, 3.05) is 6.16 Å². The third-order valence-corrected chi connectivity index (χ3v) is 4.80. The highest BCUT2D eigenvalue weighted by atomic mass is 31.2. The van der Waals surface area contributed by atoms with E-state index in [1.807, 2.05) is 0 Å². The molecule has 0 fully saturated rings. The number of nitrogens with two attached hydrogens (primary N) is 1. The lowest BCUT2D eigenvalue weighted by atomic mass is 10.2. The molecule has 0 saturated heterocycles. The van der Waals surface area contributed by atoms with E-state index in [4.69, 9.17) is 10.8 Å². The minimum Gasteiger partial charge on any atom is -0.480 e. The molecule has 9 nitrogen and oxygen atoms in total. The molecule has 0 aliphatic carbocycles. The Morgan fingerprint density at radius 1 is 1.48 bits per heavy atom. The first kappa shape index (κ1) is 17.3. The molecular weight excluding hydrogens is 303 g/mol. The number of aliphatic carboxylic acids is 1. The third-order valence-electron chi connectivity index (χ3n) is 2.84. The summed E-state index contributed by atoms with van der Waals surface area (Å²) >= 11 is 0. The van der Waals surface area contributed by atoms with Crippen molar-refractivity contribution in [3.63, 3.8) is 0 Å². The van der Waals surface area contributed by atoms with E-state index in [1.165, 1.54) is 18.2 Å². The predicted molar refractivity (Wildman–Crippen MR) is 73.0 cm³/mol. The van der Waals surface area contributed by atoms with E-state index in [9.17, 15) is 29.5 Å². The lowest BCUT2D eigenvalue weighted by Gasteiger charge is -2.19. The fraction of sp³-hybridized carbons (Fsp3) is 0.364. The van der Waals surface area contributed by atoms with Crippen molar-refractivity contribution in [2.24, 2.45) is 5.73 Å². The highest BCUT2D eigenvalue weighted by Gasteiger charge is 2.32. The standard InChI is InChI=1S/C11H15N2O7P/c12-9(10(14)15)4-5-21(19,20)11(16)7-2-1-3-8(6-7)13(17)18/h1-3,6,9,11,16H,4-5,12H2,(H,14,15)(H,19,20)/t9-,11?/m0/s1. The summed E-state index contributed by atoms with van der Waals surface area (Å²) in [7, 11) is -4.16. The van der Waals surface area contributed by atoms with Gasteiger partial charge >= 0.3 is 5.97 Å². The number of non-ortho nitro benzene ring substituents is 1. The second-order valence-corrected chi connectivity index (χ2v) is 6.89. The Labute approximate surface area is 119 Å². The largest absolute Gasteiger partial charge is 0.480 e. The maximum Gasteiger partial charge on any atom is 0.320 e. The number of nitrogens with zero attached hydrogens (tertiary/aromatic N) is 1. The Morgan fingerprint density at radius 3 is 2.62 bits per heavy atom. The molecule has 0 spiro atoms. The van der Waals surface area contributed by atoms with Crippen LogP contribution < -0.4 is 5.73 Å². The van der Waals surface area contributed by atoms with Crippen LogP contribution in [-0.4, -0.2) is 38.2 Å². The lowest BCUT2D eigenvalue weighted by molar-refractivity contribution is -0.385. The number of carboxylic acids is 1.